The summed E-state index contributed by atoms with van der Waals surface area (Å²) >= 11 is 1.69. The van der Waals surface area contributed by atoms with Crippen molar-refractivity contribution < 1.29 is 14.4 Å². The maximum absolute atomic E-state index is 11.2. The maximum Gasteiger partial charge on any atom is 0.248 e. The zero-order chi connectivity index (χ0) is 13.1. The van der Waals surface area contributed by atoms with Gasteiger partial charge in [-0.15, -0.1) is 0 Å². The first-order valence-corrected chi connectivity index (χ1v) is 6.67. The van der Waals surface area contributed by atoms with Gasteiger partial charge in [-0.3, -0.25) is 14.4 Å². The third-order valence-electron chi connectivity index (χ3n) is 2.08. The van der Waals surface area contributed by atoms with Crippen molar-refractivity contribution in [3.8, 4) is 0 Å². The smallest absolute Gasteiger partial charge is 0.248 e. The van der Waals surface area contributed by atoms with Gasteiger partial charge in [0.25, 0.3) is 0 Å². The van der Waals surface area contributed by atoms with E-state index in [1.165, 1.54) is 0 Å². The van der Waals surface area contributed by atoms with E-state index in [2.05, 4.69) is 10.2 Å². The van der Waals surface area contributed by atoms with Crippen LogP contribution in [0.2, 0.25) is 0 Å². The van der Waals surface area contributed by atoms with Gasteiger partial charge in [0.05, 0.1) is 0 Å². The number of hydrogen-bond donors (Lipinski definition) is 2. The summed E-state index contributed by atoms with van der Waals surface area (Å²) < 4.78 is 0. The quantitative estimate of drug-likeness (QED) is 0.436. The fourth-order valence-corrected chi connectivity index (χ4v) is 1.94. The number of nitrogens with one attached hydrogen (secondary N) is 1. The van der Waals surface area contributed by atoms with Gasteiger partial charge in [-0.1, -0.05) is 6.92 Å². The Kier molecular flexibility index (Phi) is 9.89. The summed E-state index contributed by atoms with van der Waals surface area (Å²) in [5.74, 6) is 6.36. The highest BCUT2D eigenvalue weighted by atomic mass is 32.2. The summed E-state index contributed by atoms with van der Waals surface area (Å²) in [5.41, 5.74) is 0. The summed E-state index contributed by atoms with van der Waals surface area (Å²) in [6, 6.07) is 0. The molecule has 0 atom stereocenters. The van der Waals surface area contributed by atoms with E-state index in [1.54, 1.807) is 23.7 Å². The number of thioether (sulfide) groups is 1. The van der Waals surface area contributed by atoms with Gasteiger partial charge in [0.15, 0.2) is 0 Å². The SMILES string of the molecule is CCC(=O)N(C)CCSCCNC(=O)CON. The zero-order valence-corrected chi connectivity index (χ0v) is 11.2. The zero-order valence-electron chi connectivity index (χ0n) is 10.4. The predicted octanol–water partition coefficient (Wildman–Crippen LogP) is -0.405. The van der Waals surface area contributed by atoms with Crippen molar-refractivity contribution in [3.63, 3.8) is 0 Å². The lowest BCUT2D eigenvalue weighted by Crippen LogP contribution is -2.31. The van der Waals surface area contributed by atoms with Crippen LogP contribution >= 0.6 is 11.8 Å². The second kappa shape index (κ2) is 10.4. The first-order chi connectivity index (χ1) is 8.11. The van der Waals surface area contributed by atoms with Crippen LogP contribution in [0.3, 0.4) is 0 Å². The standard InChI is InChI=1S/C10H21N3O3S/c1-3-10(15)13(2)5-7-17-6-4-12-9(14)8-16-11/h3-8,11H2,1-2H3,(H,12,14). The van der Waals surface area contributed by atoms with Gasteiger partial charge >= 0.3 is 0 Å². The summed E-state index contributed by atoms with van der Waals surface area (Å²) in [6.07, 6.45) is 0.538. The molecule has 17 heavy (non-hydrogen) atoms. The number of carbonyl (C=O) groups excluding carboxylic acids is 2. The van der Waals surface area contributed by atoms with Crippen LogP contribution in [-0.4, -0.2) is 55.0 Å². The molecule has 2 amide bonds. The molecule has 0 spiro atoms. The van der Waals surface area contributed by atoms with Gasteiger partial charge in [0.2, 0.25) is 11.8 Å². The Morgan fingerprint density at radius 1 is 1.41 bits per heavy atom. The monoisotopic (exact) mass is 263 g/mol. The van der Waals surface area contributed by atoms with E-state index >= 15 is 0 Å². The van der Waals surface area contributed by atoms with Crippen LogP contribution in [0, 0.1) is 0 Å². The van der Waals surface area contributed by atoms with Crippen LogP contribution < -0.4 is 11.2 Å². The van der Waals surface area contributed by atoms with Crippen molar-refractivity contribution >= 4 is 23.6 Å². The second-order valence-corrected chi connectivity index (χ2v) is 4.67. The molecular formula is C10H21N3O3S. The molecule has 0 aliphatic heterocycles. The molecule has 0 unspecified atom stereocenters. The normalized spacial score (nSPS) is 10.1. The van der Waals surface area contributed by atoms with E-state index in [9.17, 15) is 9.59 Å². The molecule has 0 radical (unpaired) electrons. The van der Waals surface area contributed by atoms with E-state index < -0.39 is 0 Å². The molecule has 0 aromatic rings. The predicted molar refractivity (Wildman–Crippen MR) is 68.4 cm³/mol. The Balaban J connectivity index is 3.35. The number of carbonyl (C=O) groups is 2. The molecule has 0 aliphatic carbocycles. The lowest BCUT2D eigenvalue weighted by Gasteiger charge is -2.15. The first kappa shape index (κ1) is 16.2. The molecule has 0 saturated carbocycles. The minimum atomic E-state index is -0.216. The molecule has 0 aromatic carbocycles. The minimum Gasteiger partial charge on any atom is -0.353 e. The van der Waals surface area contributed by atoms with E-state index in [0.29, 0.717) is 13.0 Å². The second-order valence-electron chi connectivity index (χ2n) is 3.44. The van der Waals surface area contributed by atoms with Gasteiger partial charge in [-0.05, 0) is 0 Å². The molecule has 0 fully saturated rings. The molecule has 0 bridgehead atoms. The Morgan fingerprint density at radius 3 is 2.71 bits per heavy atom. The summed E-state index contributed by atoms with van der Waals surface area (Å²) in [4.78, 5) is 28.1. The molecule has 0 rings (SSSR count). The van der Waals surface area contributed by atoms with E-state index in [0.717, 1.165) is 18.1 Å². The number of amides is 2. The minimum absolute atomic E-state index is 0.113. The fraction of sp³-hybridized carbons (Fsp3) is 0.800. The van der Waals surface area contributed by atoms with Gasteiger partial charge in [-0.25, -0.2) is 5.90 Å². The average molecular weight is 263 g/mol. The van der Waals surface area contributed by atoms with Crippen molar-refractivity contribution in [2.45, 2.75) is 13.3 Å². The third kappa shape index (κ3) is 8.96. The fourth-order valence-electron chi connectivity index (χ4n) is 1.09. The lowest BCUT2D eigenvalue weighted by molar-refractivity contribution is -0.129. The average Bonchev–Trinajstić information content (AvgIpc) is 2.32. The highest BCUT2D eigenvalue weighted by Gasteiger charge is 2.04. The van der Waals surface area contributed by atoms with E-state index in [-0.39, 0.29) is 18.4 Å². The van der Waals surface area contributed by atoms with Crippen LogP contribution in [0.25, 0.3) is 0 Å². The van der Waals surface area contributed by atoms with Crippen molar-refractivity contribution in [3.05, 3.63) is 0 Å². The van der Waals surface area contributed by atoms with Crippen molar-refractivity contribution in [1.82, 2.24) is 10.2 Å². The number of rotatable bonds is 9. The summed E-state index contributed by atoms with van der Waals surface area (Å²) in [7, 11) is 1.80. The lowest BCUT2D eigenvalue weighted by atomic mass is 10.4. The molecule has 0 aliphatic rings. The van der Waals surface area contributed by atoms with Crippen LogP contribution in [-0.2, 0) is 14.4 Å². The number of nitrogens with two attached hydrogens (primary N) is 1. The summed E-state index contributed by atoms with van der Waals surface area (Å²) in [5, 5.41) is 2.66. The molecule has 0 saturated heterocycles. The summed E-state index contributed by atoms with van der Waals surface area (Å²) in [6.45, 7) is 3.05. The Morgan fingerprint density at radius 2 is 2.12 bits per heavy atom. The van der Waals surface area contributed by atoms with E-state index in [1.807, 2.05) is 6.92 Å². The molecule has 7 heteroatoms. The van der Waals surface area contributed by atoms with Crippen molar-refractivity contribution in [1.29, 1.82) is 0 Å². The first-order valence-electron chi connectivity index (χ1n) is 5.51. The molecule has 0 heterocycles. The Bertz CT molecular complexity index is 239. The molecule has 6 nitrogen and oxygen atoms in total. The maximum atomic E-state index is 11.2. The van der Waals surface area contributed by atoms with Crippen molar-refractivity contribution in [2.75, 3.05) is 38.2 Å². The van der Waals surface area contributed by atoms with Gasteiger partial charge in [0, 0.05) is 38.1 Å². The van der Waals surface area contributed by atoms with Crippen LogP contribution in [0.5, 0.6) is 0 Å². The van der Waals surface area contributed by atoms with E-state index in [4.69, 9.17) is 5.90 Å². The van der Waals surface area contributed by atoms with Crippen LogP contribution in [0.15, 0.2) is 0 Å². The highest BCUT2D eigenvalue weighted by Crippen LogP contribution is 2.00. The molecule has 0 aromatic heterocycles. The van der Waals surface area contributed by atoms with Crippen LogP contribution in [0.1, 0.15) is 13.3 Å². The largest absolute Gasteiger partial charge is 0.353 e. The Hall–Kier alpha value is -0.790. The molecular weight excluding hydrogens is 242 g/mol. The Labute approximate surface area is 106 Å². The molecule has 3 N–H and O–H groups in total. The van der Waals surface area contributed by atoms with Gasteiger partial charge in [0.1, 0.15) is 6.61 Å². The molecule has 100 valence electrons. The van der Waals surface area contributed by atoms with Crippen molar-refractivity contribution in [2.24, 2.45) is 5.90 Å². The number of hydrogen-bond acceptors (Lipinski definition) is 5. The van der Waals surface area contributed by atoms with Gasteiger partial charge < -0.3 is 10.2 Å². The number of nitrogens with zero attached hydrogens (tertiary/aromatic N) is 1. The highest BCUT2D eigenvalue weighted by molar-refractivity contribution is 7.99. The topological polar surface area (TPSA) is 84.7 Å². The van der Waals surface area contributed by atoms with Crippen LogP contribution in [0.4, 0.5) is 0 Å². The van der Waals surface area contributed by atoms with Gasteiger partial charge in [-0.2, -0.15) is 11.8 Å². The third-order valence-corrected chi connectivity index (χ3v) is 3.05.